The van der Waals surface area contributed by atoms with Crippen LogP contribution in [0.25, 0.3) is 0 Å². The molecule has 2 amide bonds. The van der Waals surface area contributed by atoms with Gasteiger partial charge < -0.3 is 20.1 Å². The number of alkyl carbamates (subject to hydrolysis) is 2. The minimum Gasteiger partial charge on any atom is -0.444 e. The smallest absolute Gasteiger partial charge is 0.407 e. The lowest BCUT2D eigenvalue weighted by Crippen LogP contribution is -2.37. The van der Waals surface area contributed by atoms with Crippen LogP contribution in [0.2, 0.25) is 0 Å². The molecule has 1 rings (SSSR count). The summed E-state index contributed by atoms with van der Waals surface area (Å²) in [5, 5.41) is 6.41. The Kier molecular flexibility index (Phi) is 9.44. The second kappa shape index (κ2) is 10.5. The molecule has 1 fully saturated rings. The summed E-state index contributed by atoms with van der Waals surface area (Å²) in [5.41, 5.74) is -0.962. The minimum absolute atomic E-state index is 0.344. The Balaban J connectivity index is 2.34. The van der Waals surface area contributed by atoms with E-state index in [9.17, 15) is 9.59 Å². The molecule has 0 spiro atoms. The van der Waals surface area contributed by atoms with Gasteiger partial charge in [0.25, 0.3) is 0 Å². The quantitative estimate of drug-likeness (QED) is 0.657. The summed E-state index contributed by atoms with van der Waals surface area (Å²) in [6.07, 6.45) is 3.65. The Hall–Kier alpha value is -0.760. The number of hydrogen-bond donors (Lipinski definition) is 2. The van der Waals surface area contributed by atoms with Gasteiger partial charge in [0.15, 0.2) is 0 Å². The maximum atomic E-state index is 11.8. The number of nitrogens with one attached hydrogen (secondary N) is 2. The third kappa shape index (κ3) is 11.8. The molecule has 26 heavy (non-hydrogen) atoms. The lowest BCUT2D eigenvalue weighted by atomic mass is 10.1. The SMILES string of the molecule is CC(C)(C)OC(=O)NCC1CCCCC(CNC(=O)OC(C)(C)C)SS1. The van der Waals surface area contributed by atoms with Gasteiger partial charge >= 0.3 is 12.2 Å². The number of amides is 2. The van der Waals surface area contributed by atoms with Gasteiger partial charge in [-0.1, -0.05) is 34.4 Å². The second-order valence-electron chi connectivity index (χ2n) is 8.49. The molecular formula is C18H34N2O4S2. The molecule has 1 aliphatic heterocycles. The Morgan fingerprint density at radius 3 is 1.46 bits per heavy atom. The summed E-state index contributed by atoms with van der Waals surface area (Å²) in [6, 6.07) is 0. The first-order valence-electron chi connectivity index (χ1n) is 9.20. The Bertz CT molecular complexity index is 419. The standard InChI is InChI=1S/C18H34N2O4S2/c1-17(2,3)23-15(21)19-11-13-9-7-8-10-14(26-25-13)12-20-16(22)24-18(4,5)6/h13-14H,7-12H2,1-6H3,(H,19,21)(H,20,22). The number of carbonyl (C=O) groups is 2. The minimum atomic E-state index is -0.481. The molecule has 1 saturated heterocycles. The molecule has 2 N–H and O–H groups in total. The van der Waals surface area contributed by atoms with Crippen molar-refractivity contribution in [2.45, 2.75) is 88.9 Å². The highest BCUT2D eigenvalue weighted by atomic mass is 33.1. The van der Waals surface area contributed by atoms with Crippen LogP contribution in [0.4, 0.5) is 9.59 Å². The Morgan fingerprint density at radius 1 is 0.808 bits per heavy atom. The summed E-state index contributed by atoms with van der Waals surface area (Å²) in [6.45, 7) is 12.3. The zero-order valence-corrected chi connectivity index (χ0v) is 18.5. The van der Waals surface area contributed by atoms with Crippen molar-refractivity contribution in [3.05, 3.63) is 0 Å². The first-order valence-corrected chi connectivity index (χ1v) is 11.5. The molecule has 0 aromatic rings. The highest BCUT2D eigenvalue weighted by Gasteiger charge is 2.22. The van der Waals surface area contributed by atoms with E-state index in [1.54, 1.807) is 21.6 Å². The van der Waals surface area contributed by atoms with Crippen molar-refractivity contribution in [1.82, 2.24) is 10.6 Å². The highest BCUT2D eigenvalue weighted by molar-refractivity contribution is 8.77. The first-order chi connectivity index (χ1) is 11.9. The van der Waals surface area contributed by atoms with Crippen molar-refractivity contribution in [2.24, 2.45) is 0 Å². The number of ether oxygens (including phenoxy) is 2. The van der Waals surface area contributed by atoms with Gasteiger partial charge in [0.1, 0.15) is 11.2 Å². The van der Waals surface area contributed by atoms with E-state index in [1.807, 2.05) is 41.5 Å². The summed E-state index contributed by atoms with van der Waals surface area (Å²) in [7, 11) is 3.57. The predicted octanol–water partition coefficient (Wildman–Crippen LogP) is 4.73. The van der Waals surface area contributed by atoms with E-state index in [0.717, 1.165) is 25.7 Å². The number of rotatable bonds is 4. The molecule has 0 radical (unpaired) electrons. The number of carbonyl (C=O) groups excluding carboxylic acids is 2. The Morgan fingerprint density at radius 2 is 1.15 bits per heavy atom. The Labute approximate surface area is 165 Å². The predicted molar refractivity (Wildman–Crippen MR) is 110 cm³/mol. The van der Waals surface area contributed by atoms with Crippen LogP contribution >= 0.6 is 21.6 Å². The van der Waals surface area contributed by atoms with Gasteiger partial charge in [0.05, 0.1) is 0 Å². The van der Waals surface area contributed by atoms with Crippen LogP contribution < -0.4 is 10.6 Å². The fourth-order valence-electron chi connectivity index (χ4n) is 2.29. The molecule has 2 atom stereocenters. The van der Waals surface area contributed by atoms with Crippen LogP contribution in [0.3, 0.4) is 0 Å². The van der Waals surface area contributed by atoms with Crippen LogP contribution in [0.15, 0.2) is 0 Å². The average molecular weight is 407 g/mol. The summed E-state index contributed by atoms with van der Waals surface area (Å²) in [4.78, 5) is 23.6. The monoisotopic (exact) mass is 406 g/mol. The highest BCUT2D eigenvalue weighted by Crippen LogP contribution is 2.37. The first kappa shape index (κ1) is 23.3. The number of hydrogen-bond acceptors (Lipinski definition) is 6. The van der Waals surface area contributed by atoms with Crippen LogP contribution in [-0.2, 0) is 9.47 Å². The molecule has 0 saturated carbocycles. The van der Waals surface area contributed by atoms with Crippen molar-refractivity contribution in [3.8, 4) is 0 Å². The van der Waals surface area contributed by atoms with E-state index < -0.39 is 11.2 Å². The van der Waals surface area contributed by atoms with Crippen LogP contribution in [0, 0.1) is 0 Å². The van der Waals surface area contributed by atoms with Crippen molar-refractivity contribution in [1.29, 1.82) is 0 Å². The lowest BCUT2D eigenvalue weighted by molar-refractivity contribution is 0.0515. The maximum Gasteiger partial charge on any atom is 0.407 e. The van der Waals surface area contributed by atoms with Crippen LogP contribution in [-0.4, -0.2) is 47.0 Å². The molecule has 0 aromatic carbocycles. The molecule has 0 aliphatic carbocycles. The van der Waals surface area contributed by atoms with E-state index in [0.29, 0.717) is 23.6 Å². The molecule has 1 aliphatic rings. The zero-order valence-electron chi connectivity index (χ0n) is 16.8. The van der Waals surface area contributed by atoms with Gasteiger partial charge in [-0.15, -0.1) is 0 Å². The summed E-state index contributed by atoms with van der Waals surface area (Å²) < 4.78 is 10.6. The molecule has 2 unspecified atom stereocenters. The van der Waals surface area contributed by atoms with Crippen molar-refractivity contribution in [3.63, 3.8) is 0 Å². The van der Waals surface area contributed by atoms with Gasteiger partial charge in [0, 0.05) is 23.6 Å². The average Bonchev–Trinajstić information content (AvgIpc) is 2.42. The molecule has 0 aromatic heterocycles. The molecule has 6 nitrogen and oxygen atoms in total. The maximum absolute atomic E-state index is 11.8. The van der Waals surface area contributed by atoms with Gasteiger partial charge in [-0.3, -0.25) is 0 Å². The van der Waals surface area contributed by atoms with E-state index in [-0.39, 0.29) is 12.2 Å². The lowest BCUT2D eigenvalue weighted by Gasteiger charge is -2.26. The van der Waals surface area contributed by atoms with Gasteiger partial charge in [-0.25, -0.2) is 9.59 Å². The van der Waals surface area contributed by atoms with E-state index in [4.69, 9.17) is 9.47 Å². The summed E-state index contributed by atoms with van der Waals surface area (Å²) in [5.74, 6) is 0. The van der Waals surface area contributed by atoms with Gasteiger partial charge in [-0.2, -0.15) is 0 Å². The summed E-state index contributed by atoms with van der Waals surface area (Å²) >= 11 is 0. The molecule has 1 heterocycles. The second-order valence-corrected chi connectivity index (χ2v) is 11.4. The fraction of sp³-hybridized carbons (Fsp3) is 0.889. The third-order valence-electron chi connectivity index (χ3n) is 3.38. The van der Waals surface area contributed by atoms with Crippen LogP contribution in [0.5, 0.6) is 0 Å². The topological polar surface area (TPSA) is 76.7 Å². The molecule has 0 bridgehead atoms. The molecular weight excluding hydrogens is 372 g/mol. The van der Waals surface area contributed by atoms with Gasteiger partial charge in [-0.05, 0) is 54.4 Å². The van der Waals surface area contributed by atoms with Crippen LogP contribution in [0.1, 0.15) is 67.2 Å². The van der Waals surface area contributed by atoms with E-state index >= 15 is 0 Å². The van der Waals surface area contributed by atoms with E-state index in [2.05, 4.69) is 10.6 Å². The third-order valence-corrected chi connectivity index (χ3v) is 6.80. The normalized spacial score (nSPS) is 21.9. The van der Waals surface area contributed by atoms with E-state index in [1.165, 1.54) is 0 Å². The van der Waals surface area contributed by atoms with Crippen molar-refractivity contribution >= 4 is 33.8 Å². The zero-order chi connectivity index (χ0) is 19.8. The molecule has 152 valence electrons. The van der Waals surface area contributed by atoms with Gasteiger partial charge in [0.2, 0.25) is 0 Å². The van der Waals surface area contributed by atoms with Crippen molar-refractivity contribution < 1.29 is 19.1 Å². The molecule has 8 heteroatoms. The largest absolute Gasteiger partial charge is 0.444 e. The van der Waals surface area contributed by atoms with Crippen molar-refractivity contribution in [2.75, 3.05) is 13.1 Å². The fourth-order valence-corrected chi connectivity index (χ4v) is 5.36.